The Labute approximate surface area is 170 Å². The molecule has 1 amide bonds. The van der Waals surface area contributed by atoms with E-state index < -0.39 is 0 Å². The van der Waals surface area contributed by atoms with Gasteiger partial charge in [0.2, 0.25) is 0 Å². The molecular weight excluding hydrogens is 370 g/mol. The molecule has 3 heterocycles. The van der Waals surface area contributed by atoms with Crippen LogP contribution in [0, 0.1) is 0 Å². The highest BCUT2D eigenvalue weighted by atomic mass is 32.1. The number of pyridine rings is 1. The van der Waals surface area contributed by atoms with Gasteiger partial charge >= 0.3 is 0 Å². The van der Waals surface area contributed by atoms with Crippen LogP contribution in [-0.4, -0.2) is 38.3 Å². The highest BCUT2D eigenvalue weighted by molar-refractivity contribution is 7.09. The average Bonchev–Trinajstić information content (AvgIpc) is 3.28. The van der Waals surface area contributed by atoms with Crippen LogP contribution in [0.3, 0.4) is 0 Å². The topological polar surface area (TPSA) is 62.5 Å². The van der Waals surface area contributed by atoms with Gasteiger partial charge in [-0.3, -0.25) is 9.69 Å². The summed E-state index contributed by atoms with van der Waals surface area (Å²) in [7, 11) is 0. The summed E-state index contributed by atoms with van der Waals surface area (Å²) in [6.45, 7) is 13.9. The van der Waals surface area contributed by atoms with Crippen LogP contribution in [0.25, 0.3) is 5.52 Å². The molecule has 0 spiro atoms. The third-order valence-corrected chi connectivity index (χ3v) is 5.61. The van der Waals surface area contributed by atoms with E-state index in [0.717, 1.165) is 41.7 Å². The van der Waals surface area contributed by atoms with Crippen molar-refractivity contribution in [2.24, 2.45) is 0 Å². The van der Waals surface area contributed by atoms with Crippen molar-refractivity contribution in [3.63, 3.8) is 0 Å². The van der Waals surface area contributed by atoms with Gasteiger partial charge in [-0.2, -0.15) is 0 Å². The molecule has 0 radical (unpaired) electrons. The molecule has 0 atom stereocenters. The second kappa shape index (κ2) is 8.41. The summed E-state index contributed by atoms with van der Waals surface area (Å²) >= 11 is 1.58. The average molecular weight is 400 g/mol. The van der Waals surface area contributed by atoms with E-state index in [-0.39, 0.29) is 11.3 Å². The smallest absolute Gasteiger partial charge is 0.272 e. The number of carbonyl (C=O) groups is 1. The van der Waals surface area contributed by atoms with E-state index in [4.69, 9.17) is 0 Å². The van der Waals surface area contributed by atoms with E-state index in [1.54, 1.807) is 11.3 Å². The zero-order chi connectivity index (χ0) is 20.3. The number of nitrogens with zero attached hydrogens (tertiary/aromatic N) is 4. The lowest BCUT2D eigenvalue weighted by atomic mass is 9.96. The van der Waals surface area contributed by atoms with E-state index in [0.29, 0.717) is 12.2 Å². The van der Waals surface area contributed by atoms with Crippen LogP contribution in [0.4, 0.5) is 0 Å². The zero-order valence-corrected chi connectivity index (χ0v) is 18.1. The molecular formula is C21H29N5OS. The van der Waals surface area contributed by atoms with Crippen LogP contribution in [0.5, 0.6) is 0 Å². The van der Waals surface area contributed by atoms with Gasteiger partial charge < -0.3 is 9.72 Å². The highest BCUT2D eigenvalue weighted by Crippen LogP contribution is 2.24. The quantitative estimate of drug-likeness (QED) is 0.655. The van der Waals surface area contributed by atoms with Gasteiger partial charge in [-0.1, -0.05) is 40.7 Å². The molecule has 3 rings (SSSR count). The third kappa shape index (κ3) is 4.42. The minimum absolute atomic E-state index is 0.155. The number of imidazole rings is 1. The largest absolute Gasteiger partial charge is 0.344 e. The molecule has 0 saturated heterocycles. The Morgan fingerprint density at radius 2 is 1.96 bits per heavy atom. The SMILES string of the molecule is CCN(CC)Cc1csc(CNC(=O)c2nc(C(C)(C)C)n3ccccc23)n1. The molecule has 0 unspecified atom stereocenters. The number of hydrogen-bond acceptors (Lipinski definition) is 5. The predicted octanol–water partition coefficient (Wildman–Crippen LogP) is 3.86. The zero-order valence-electron chi connectivity index (χ0n) is 17.3. The molecule has 3 aromatic heterocycles. The molecule has 0 aliphatic carbocycles. The van der Waals surface area contributed by atoms with Crippen molar-refractivity contribution in [2.75, 3.05) is 13.1 Å². The number of hydrogen-bond donors (Lipinski definition) is 1. The van der Waals surface area contributed by atoms with Gasteiger partial charge in [-0.05, 0) is 25.2 Å². The van der Waals surface area contributed by atoms with E-state index in [2.05, 4.69) is 60.2 Å². The summed E-state index contributed by atoms with van der Waals surface area (Å²) < 4.78 is 2.00. The first-order valence-electron chi connectivity index (χ1n) is 9.74. The van der Waals surface area contributed by atoms with Gasteiger partial charge in [0.15, 0.2) is 5.69 Å². The summed E-state index contributed by atoms with van der Waals surface area (Å²) in [5.41, 5.74) is 2.19. The number of fused-ring (bicyclic) bond motifs is 1. The number of rotatable bonds is 7. The van der Waals surface area contributed by atoms with E-state index in [9.17, 15) is 4.79 Å². The Morgan fingerprint density at radius 3 is 2.64 bits per heavy atom. The number of nitrogens with one attached hydrogen (secondary N) is 1. The van der Waals surface area contributed by atoms with Crippen molar-refractivity contribution >= 4 is 22.8 Å². The Balaban J connectivity index is 1.73. The molecule has 1 N–H and O–H groups in total. The molecule has 0 aliphatic heterocycles. The van der Waals surface area contributed by atoms with Gasteiger partial charge in [0.05, 0.1) is 17.8 Å². The van der Waals surface area contributed by atoms with Gasteiger partial charge in [0.1, 0.15) is 10.8 Å². The molecule has 0 saturated carbocycles. The Hall–Kier alpha value is -2.25. The number of thiazole rings is 1. The second-order valence-electron chi connectivity index (χ2n) is 7.87. The van der Waals surface area contributed by atoms with Gasteiger partial charge in [-0.15, -0.1) is 11.3 Å². The molecule has 0 aromatic carbocycles. The Morgan fingerprint density at radius 1 is 1.21 bits per heavy atom. The van der Waals surface area contributed by atoms with Crippen molar-refractivity contribution in [3.05, 3.63) is 52.0 Å². The van der Waals surface area contributed by atoms with Crippen LogP contribution in [0.15, 0.2) is 29.8 Å². The fraction of sp³-hybridized carbons (Fsp3) is 0.476. The van der Waals surface area contributed by atoms with Crippen LogP contribution >= 0.6 is 11.3 Å². The van der Waals surface area contributed by atoms with Crippen LogP contribution in [0.2, 0.25) is 0 Å². The molecule has 6 nitrogen and oxygen atoms in total. The van der Waals surface area contributed by atoms with E-state index in [1.165, 1.54) is 0 Å². The summed E-state index contributed by atoms with van der Waals surface area (Å²) in [6.07, 6.45) is 1.96. The maximum absolute atomic E-state index is 12.8. The van der Waals surface area contributed by atoms with Crippen LogP contribution in [-0.2, 0) is 18.5 Å². The lowest BCUT2D eigenvalue weighted by molar-refractivity contribution is 0.0948. The van der Waals surface area contributed by atoms with E-state index >= 15 is 0 Å². The fourth-order valence-corrected chi connectivity index (χ4v) is 3.88. The summed E-state index contributed by atoms with van der Waals surface area (Å²) in [5, 5.41) is 5.97. The number of carbonyl (C=O) groups excluding carboxylic acids is 1. The molecule has 7 heteroatoms. The predicted molar refractivity (Wildman–Crippen MR) is 114 cm³/mol. The number of aromatic nitrogens is 3. The van der Waals surface area contributed by atoms with Crippen molar-refractivity contribution in [3.8, 4) is 0 Å². The minimum Gasteiger partial charge on any atom is -0.344 e. The fourth-order valence-electron chi connectivity index (χ4n) is 3.15. The van der Waals surface area contributed by atoms with Gasteiger partial charge in [0.25, 0.3) is 5.91 Å². The first-order chi connectivity index (χ1) is 13.3. The lowest BCUT2D eigenvalue weighted by Crippen LogP contribution is -2.24. The Bertz CT molecular complexity index is 949. The monoisotopic (exact) mass is 399 g/mol. The molecule has 3 aromatic rings. The second-order valence-corrected chi connectivity index (χ2v) is 8.81. The maximum atomic E-state index is 12.8. The van der Waals surface area contributed by atoms with Gasteiger partial charge in [-0.25, -0.2) is 9.97 Å². The standard InChI is InChI=1S/C21H29N5OS/c1-6-25(7-2)13-15-14-28-17(23-15)12-22-19(27)18-16-10-8-9-11-26(16)20(24-18)21(3,4)5/h8-11,14H,6-7,12-13H2,1-5H3,(H,22,27). The van der Waals surface area contributed by atoms with Crippen LogP contribution < -0.4 is 5.32 Å². The van der Waals surface area contributed by atoms with Crippen LogP contribution in [0.1, 0.15) is 61.6 Å². The molecule has 0 fully saturated rings. The maximum Gasteiger partial charge on any atom is 0.272 e. The first-order valence-corrected chi connectivity index (χ1v) is 10.6. The van der Waals surface area contributed by atoms with Crippen molar-refractivity contribution in [1.29, 1.82) is 0 Å². The third-order valence-electron chi connectivity index (χ3n) is 4.71. The van der Waals surface area contributed by atoms with Gasteiger partial charge in [0, 0.05) is 23.5 Å². The minimum atomic E-state index is -0.167. The normalized spacial score (nSPS) is 12.1. The summed E-state index contributed by atoms with van der Waals surface area (Å²) in [6, 6.07) is 5.82. The first kappa shape index (κ1) is 20.5. The molecule has 0 aliphatic rings. The van der Waals surface area contributed by atoms with Crippen molar-refractivity contribution in [2.45, 2.75) is 53.1 Å². The summed E-state index contributed by atoms with van der Waals surface area (Å²) in [4.78, 5) is 24.5. The van der Waals surface area contributed by atoms with E-state index in [1.807, 2.05) is 28.8 Å². The summed E-state index contributed by atoms with van der Waals surface area (Å²) in [5.74, 6) is 0.712. The molecule has 0 bridgehead atoms. The molecule has 28 heavy (non-hydrogen) atoms. The lowest BCUT2D eigenvalue weighted by Gasteiger charge is -2.16. The van der Waals surface area contributed by atoms with Crippen molar-refractivity contribution in [1.82, 2.24) is 24.6 Å². The molecule has 150 valence electrons. The number of amides is 1. The van der Waals surface area contributed by atoms with Crippen molar-refractivity contribution < 1.29 is 4.79 Å². The highest BCUT2D eigenvalue weighted by Gasteiger charge is 2.25. The Kier molecular flexibility index (Phi) is 6.15.